The van der Waals surface area contributed by atoms with E-state index in [9.17, 15) is 19.8 Å². The van der Waals surface area contributed by atoms with Crippen molar-refractivity contribution in [1.82, 2.24) is 0 Å². The van der Waals surface area contributed by atoms with Gasteiger partial charge in [0.2, 0.25) is 0 Å². The molecule has 0 radical (unpaired) electrons. The molecule has 1 N–H and O–H groups in total. The van der Waals surface area contributed by atoms with Crippen LogP contribution >= 0.6 is 0 Å². The Morgan fingerprint density at radius 1 is 0.943 bits per heavy atom. The molecule has 0 aliphatic heterocycles. The number of carbonyl (C=O) groups is 2. The molecule has 0 saturated carbocycles. The average molecular weight is 483 g/mol. The minimum Gasteiger partial charge on any atom is -0.546 e. The fourth-order valence-electron chi connectivity index (χ4n) is 4.28. The van der Waals surface area contributed by atoms with Crippen molar-refractivity contribution in [3.8, 4) is 5.75 Å². The smallest absolute Gasteiger partial charge is 0.546 e. The predicted octanol–water partition coefficient (Wildman–Crippen LogP) is 0.780. The summed E-state index contributed by atoms with van der Waals surface area (Å²) in [7, 11) is 0. The van der Waals surface area contributed by atoms with Gasteiger partial charge in [0.05, 0.1) is 30.1 Å². The molecule has 0 heterocycles. The number of carboxylic acid groups (broad SMARTS) is 1. The Morgan fingerprint density at radius 3 is 2.17 bits per heavy atom. The number of rotatable bonds is 7. The number of aliphatic carboxylic acids is 1. The Hall–Kier alpha value is -2.84. The van der Waals surface area contributed by atoms with Crippen molar-refractivity contribution in [2.75, 3.05) is 18.1 Å². The van der Waals surface area contributed by atoms with Gasteiger partial charge in [0.25, 0.3) is 0 Å². The zero-order chi connectivity index (χ0) is 23.9. The fourth-order valence-corrected chi connectivity index (χ4v) is 4.28. The van der Waals surface area contributed by atoms with Crippen LogP contribution < -0.4 is 44.3 Å². The molecule has 0 spiro atoms. The van der Waals surface area contributed by atoms with Gasteiger partial charge in [-0.2, -0.15) is 0 Å². The number of fused-ring (bicyclic) bond motifs is 1. The number of carbonyl (C=O) groups excluding carboxylic acids is 2. The van der Waals surface area contributed by atoms with E-state index in [1.807, 2.05) is 60.7 Å². The predicted molar refractivity (Wildman–Crippen MR) is 125 cm³/mol. The number of carboxylic acids is 1. The first-order chi connectivity index (χ1) is 16.5. The topological polar surface area (TPSA) is 99.1 Å². The molecule has 4 rings (SSSR count). The van der Waals surface area contributed by atoms with Crippen molar-refractivity contribution in [2.24, 2.45) is 5.92 Å². The Morgan fingerprint density at radius 2 is 1.57 bits per heavy atom. The van der Waals surface area contributed by atoms with E-state index in [0.29, 0.717) is 35.5 Å². The second kappa shape index (κ2) is 12.7. The van der Waals surface area contributed by atoms with Crippen molar-refractivity contribution >= 4 is 23.4 Å². The van der Waals surface area contributed by atoms with Gasteiger partial charge < -0.3 is 24.5 Å². The van der Waals surface area contributed by atoms with Gasteiger partial charge in [-0.15, -0.1) is 0 Å². The van der Waals surface area contributed by atoms with Crippen LogP contribution in [0, 0.1) is 5.92 Å². The summed E-state index contributed by atoms with van der Waals surface area (Å²) < 4.78 is 11.1. The summed E-state index contributed by atoms with van der Waals surface area (Å²) in [6.07, 6.45) is 0.595. The van der Waals surface area contributed by atoms with Crippen LogP contribution in [0.2, 0.25) is 0 Å². The quantitative estimate of drug-likeness (QED) is 0.394. The van der Waals surface area contributed by atoms with Gasteiger partial charge in [0.15, 0.2) is 0 Å². The molecule has 0 bridgehead atoms. The van der Waals surface area contributed by atoms with E-state index < -0.39 is 24.8 Å². The van der Waals surface area contributed by atoms with Crippen LogP contribution in [0.3, 0.4) is 0 Å². The van der Waals surface area contributed by atoms with E-state index in [4.69, 9.17) is 9.47 Å². The molecule has 2 atom stereocenters. The van der Waals surface area contributed by atoms with Crippen molar-refractivity contribution < 1.29 is 58.8 Å². The summed E-state index contributed by atoms with van der Waals surface area (Å²) in [5.74, 6) is -1.19. The van der Waals surface area contributed by atoms with E-state index in [0.717, 1.165) is 12.0 Å². The number of amides is 1. The molecular weight excluding hydrogens is 457 g/mol. The Balaban J connectivity index is 0.00000342. The molecule has 3 aromatic carbocycles. The SMILES string of the molecule is O=C([O-])COc1cccc2c1CCCC(COC(=O)N(c1ccccc1)c1ccccc1)C2O.[Na+]. The van der Waals surface area contributed by atoms with Crippen LogP contribution in [-0.2, 0) is 16.0 Å². The first-order valence-corrected chi connectivity index (χ1v) is 11.2. The zero-order valence-electron chi connectivity index (χ0n) is 19.6. The van der Waals surface area contributed by atoms with Gasteiger partial charge in [0.1, 0.15) is 12.4 Å². The van der Waals surface area contributed by atoms with Gasteiger partial charge in [-0.25, -0.2) is 9.69 Å². The molecule has 1 aliphatic carbocycles. The monoisotopic (exact) mass is 483 g/mol. The van der Waals surface area contributed by atoms with Crippen LogP contribution in [0.5, 0.6) is 5.75 Å². The largest absolute Gasteiger partial charge is 1.00 e. The Kier molecular flexibility index (Phi) is 9.74. The van der Waals surface area contributed by atoms with E-state index in [2.05, 4.69) is 0 Å². The van der Waals surface area contributed by atoms with Crippen LogP contribution in [0.1, 0.15) is 30.1 Å². The Labute approximate surface area is 226 Å². The van der Waals surface area contributed by atoms with Crippen LogP contribution in [0.15, 0.2) is 78.9 Å². The van der Waals surface area contributed by atoms with E-state index >= 15 is 0 Å². The molecular formula is C27H26NNaO6. The van der Waals surface area contributed by atoms with Crippen LogP contribution in [0.25, 0.3) is 0 Å². The van der Waals surface area contributed by atoms with Gasteiger partial charge in [-0.3, -0.25) is 0 Å². The number of hydrogen-bond acceptors (Lipinski definition) is 6. The van der Waals surface area contributed by atoms with Gasteiger partial charge >= 0.3 is 35.7 Å². The number of hydrogen-bond donors (Lipinski definition) is 1. The van der Waals surface area contributed by atoms with Crippen LogP contribution in [-0.4, -0.2) is 30.4 Å². The molecule has 1 amide bonds. The third-order valence-electron chi connectivity index (χ3n) is 5.91. The number of anilines is 2. The number of para-hydroxylation sites is 2. The van der Waals surface area contributed by atoms with Crippen molar-refractivity contribution in [3.63, 3.8) is 0 Å². The summed E-state index contributed by atoms with van der Waals surface area (Å²) in [5, 5.41) is 21.9. The number of aliphatic hydroxyl groups is 1. The maximum atomic E-state index is 13.2. The normalized spacial score (nSPS) is 16.7. The van der Waals surface area contributed by atoms with Crippen molar-refractivity contribution in [2.45, 2.75) is 25.4 Å². The molecule has 2 unspecified atom stereocenters. The van der Waals surface area contributed by atoms with E-state index in [-0.39, 0.29) is 42.1 Å². The summed E-state index contributed by atoms with van der Waals surface area (Å²) >= 11 is 0. The molecule has 1 aliphatic rings. The summed E-state index contributed by atoms with van der Waals surface area (Å²) in [6.45, 7) is -0.512. The van der Waals surface area contributed by atoms with Gasteiger partial charge in [-0.1, -0.05) is 48.5 Å². The number of ether oxygens (including phenoxy) is 2. The van der Waals surface area contributed by atoms with Crippen molar-refractivity contribution in [3.05, 3.63) is 90.0 Å². The van der Waals surface area contributed by atoms with Crippen LogP contribution in [0.4, 0.5) is 16.2 Å². The van der Waals surface area contributed by atoms with Crippen molar-refractivity contribution in [1.29, 1.82) is 0 Å². The molecule has 0 aromatic heterocycles. The third kappa shape index (κ3) is 6.64. The summed E-state index contributed by atoms with van der Waals surface area (Å²) in [4.78, 5) is 25.5. The third-order valence-corrected chi connectivity index (χ3v) is 5.91. The molecule has 0 fully saturated rings. The number of aliphatic hydroxyl groups excluding tert-OH is 1. The minimum atomic E-state index is -1.31. The first-order valence-electron chi connectivity index (χ1n) is 11.2. The maximum Gasteiger partial charge on any atom is 1.00 e. The standard InChI is InChI=1S/C27H27NO6.Na/c29-25(30)18-33-24-16-8-15-23-22(24)14-7-9-19(26(23)31)17-34-27(32)28(20-10-3-1-4-11-20)21-12-5-2-6-13-21;/h1-6,8,10-13,15-16,19,26,31H,7,9,14,17-18H2,(H,29,30);/q;+1/p-1. The van der Waals surface area contributed by atoms with Gasteiger partial charge in [-0.05, 0) is 60.7 Å². The zero-order valence-corrected chi connectivity index (χ0v) is 21.6. The Bertz CT molecular complexity index is 1090. The average Bonchev–Trinajstić information content (AvgIpc) is 3.02. The maximum absolute atomic E-state index is 13.2. The molecule has 7 nitrogen and oxygen atoms in total. The number of benzene rings is 3. The van der Waals surface area contributed by atoms with Gasteiger partial charge in [0, 0.05) is 5.92 Å². The summed E-state index contributed by atoms with van der Waals surface area (Å²) in [6, 6.07) is 23.7. The number of nitrogens with zero attached hydrogens (tertiary/aromatic N) is 1. The second-order valence-corrected chi connectivity index (χ2v) is 8.17. The molecule has 0 saturated heterocycles. The summed E-state index contributed by atoms with van der Waals surface area (Å²) in [5.41, 5.74) is 2.80. The second-order valence-electron chi connectivity index (χ2n) is 8.17. The molecule has 35 heavy (non-hydrogen) atoms. The minimum absolute atomic E-state index is 0. The van der Waals surface area contributed by atoms with E-state index in [1.54, 1.807) is 18.2 Å². The molecule has 3 aromatic rings. The molecule has 176 valence electrons. The first kappa shape index (κ1) is 26.8. The fraction of sp³-hybridized carbons (Fsp3) is 0.259. The molecule has 8 heteroatoms. The van der Waals surface area contributed by atoms with E-state index in [1.165, 1.54) is 4.90 Å².